The van der Waals surface area contributed by atoms with Gasteiger partial charge >= 0.3 is 0 Å². The van der Waals surface area contributed by atoms with E-state index in [1.165, 1.54) is 0 Å². The standard InChI is InChI=1S/C15H15N3O/c1-15(19-2,12-8-4-3-5-9-12)18-14-11-7-6-10-13(14)16-17-18/h3-11H,1-2H3. The molecule has 2 aromatic carbocycles. The fourth-order valence-electron chi connectivity index (χ4n) is 2.26. The van der Waals surface area contributed by atoms with Crippen LogP contribution in [0.15, 0.2) is 54.6 Å². The maximum atomic E-state index is 5.74. The first kappa shape index (κ1) is 11.9. The molecule has 19 heavy (non-hydrogen) atoms. The zero-order valence-corrected chi connectivity index (χ0v) is 10.9. The molecule has 1 unspecified atom stereocenters. The van der Waals surface area contributed by atoms with Crippen molar-refractivity contribution < 1.29 is 4.74 Å². The van der Waals surface area contributed by atoms with Gasteiger partial charge in [0.1, 0.15) is 5.52 Å². The second-order valence-corrected chi connectivity index (χ2v) is 4.54. The normalized spacial score (nSPS) is 14.4. The van der Waals surface area contributed by atoms with Crippen LogP contribution < -0.4 is 0 Å². The first-order chi connectivity index (χ1) is 9.25. The molecule has 0 aliphatic heterocycles. The van der Waals surface area contributed by atoms with Crippen LogP contribution in [0.2, 0.25) is 0 Å². The molecular weight excluding hydrogens is 238 g/mol. The Hall–Kier alpha value is -2.20. The van der Waals surface area contributed by atoms with Gasteiger partial charge < -0.3 is 4.74 Å². The largest absolute Gasteiger partial charge is 0.353 e. The van der Waals surface area contributed by atoms with E-state index in [2.05, 4.69) is 10.3 Å². The van der Waals surface area contributed by atoms with Gasteiger partial charge in [-0.3, -0.25) is 0 Å². The summed E-state index contributed by atoms with van der Waals surface area (Å²) in [5.41, 5.74) is 2.18. The summed E-state index contributed by atoms with van der Waals surface area (Å²) in [4.78, 5) is 0. The molecule has 0 saturated carbocycles. The minimum atomic E-state index is -0.669. The van der Waals surface area contributed by atoms with E-state index >= 15 is 0 Å². The first-order valence-electron chi connectivity index (χ1n) is 6.17. The van der Waals surface area contributed by atoms with E-state index in [0.717, 1.165) is 16.6 Å². The third-order valence-corrected chi connectivity index (χ3v) is 3.46. The van der Waals surface area contributed by atoms with Gasteiger partial charge in [0.25, 0.3) is 0 Å². The fourth-order valence-corrected chi connectivity index (χ4v) is 2.26. The number of benzene rings is 2. The van der Waals surface area contributed by atoms with Crippen LogP contribution in [0.5, 0.6) is 0 Å². The maximum absolute atomic E-state index is 5.74. The van der Waals surface area contributed by atoms with Crippen LogP contribution in [0.3, 0.4) is 0 Å². The zero-order chi connectivity index (χ0) is 13.3. The van der Waals surface area contributed by atoms with Crippen molar-refractivity contribution in [1.82, 2.24) is 15.0 Å². The third-order valence-electron chi connectivity index (χ3n) is 3.46. The minimum Gasteiger partial charge on any atom is -0.353 e. The third kappa shape index (κ3) is 1.81. The topological polar surface area (TPSA) is 39.9 Å². The molecule has 0 spiro atoms. The highest BCUT2D eigenvalue weighted by atomic mass is 16.5. The first-order valence-corrected chi connectivity index (χ1v) is 6.17. The van der Waals surface area contributed by atoms with Gasteiger partial charge in [0.2, 0.25) is 0 Å². The lowest BCUT2D eigenvalue weighted by molar-refractivity contribution is -0.0322. The smallest absolute Gasteiger partial charge is 0.185 e. The predicted octanol–water partition coefficient (Wildman–Crippen LogP) is 2.80. The van der Waals surface area contributed by atoms with Gasteiger partial charge in [0, 0.05) is 12.7 Å². The van der Waals surface area contributed by atoms with Crippen molar-refractivity contribution in [2.45, 2.75) is 12.6 Å². The Kier molecular flexibility index (Phi) is 2.80. The Bertz CT molecular complexity index is 693. The van der Waals surface area contributed by atoms with E-state index in [4.69, 9.17) is 4.74 Å². The van der Waals surface area contributed by atoms with Crippen LogP contribution in [-0.2, 0) is 10.5 Å². The average molecular weight is 253 g/mol. The number of aromatic nitrogens is 3. The Morgan fingerprint density at radius 3 is 2.42 bits per heavy atom. The number of rotatable bonds is 3. The second-order valence-electron chi connectivity index (χ2n) is 4.54. The highest BCUT2D eigenvalue weighted by Crippen LogP contribution is 2.28. The van der Waals surface area contributed by atoms with Crippen molar-refractivity contribution in [2.24, 2.45) is 0 Å². The summed E-state index contributed by atoms with van der Waals surface area (Å²) < 4.78 is 7.55. The van der Waals surface area contributed by atoms with Crippen LogP contribution in [0.1, 0.15) is 12.5 Å². The number of methoxy groups -OCH3 is 1. The van der Waals surface area contributed by atoms with Crippen molar-refractivity contribution in [3.05, 3.63) is 60.2 Å². The van der Waals surface area contributed by atoms with Gasteiger partial charge in [0.15, 0.2) is 5.72 Å². The number of para-hydroxylation sites is 1. The predicted molar refractivity (Wildman–Crippen MR) is 73.7 cm³/mol. The molecule has 0 N–H and O–H groups in total. The molecule has 0 bridgehead atoms. The van der Waals surface area contributed by atoms with Crippen LogP contribution in [0, 0.1) is 0 Å². The molecule has 4 nitrogen and oxygen atoms in total. The van der Waals surface area contributed by atoms with E-state index in [-0.39, 0.29) is 0 Å². The van der Waals surface area contributed by atoms with Crippen molar-refractivity contribution in [3.8, 4) is 0 Å². The van der Waals surface area contributed by atoms with Gasteiger partial charge in [-0.05, 0) is 19.1 Å². The summed E-state index contributed by atoms with van der Waals surface area (Å²) in [6, 6.07) is 17.9. The summed E-state index contributed by atoms with van der Waals surface area (Å²) in [7, 11) is 1.68. The van der Waals surface area contributed by atoms with Gasteiger partial charge in [-0.25, -0.2) is 4.68 Å². The number of nitrogens with zero attached hydrogens (tertiary/aromatic N) is 3. The molecule has 4 heteroatoms. The lowest BCUT2D eigenvalue weighted by atomic mass is 10.0. The van der Waals surface area contributed by atoms with E-state index in [1.807, 2.05) is 66.2 Å². The van der Waals surface area contributed by atoms with Crippen molar-refractivity contribution >= 4 is 11.0 Å². The molecule has 3 rings (SSSR count). The van der Waals surface area contributed by atoms with Crippen molar-refractivity contribution in [3.63, 3.8) is 0 Å². The summed E-state index contributed by atoms with van der Waals surface area (Å²) in [5.74, 6) is 0. The molecule has 1 aromatic heterocycles. The van der Waals surface area contributed by atoms with Crippen molar-refractivity contribution in [1.29, 1.82) is 0 Å². The molecular formula is C15H15N3O. The van der Waals surface area contributed by atoms with E-state index < -0.39 is 5.72 Å². The van der Waals surface area contributed by atoms with Gasteiger partial charge in [-0.15, -0.1) is 5.10 Å². The molecule has 0 amide bonds. The SMILES string of the molecule is COC(C)(c1ccccc1)n1nnc2ccccc21. The molecule has 0 fully saturated rings. The molecule has 1 atom stereocenters. The Morgan fingerprint density at radius 1 is 1.00 bits per heavy atom. The van der Waals surface area contributed by atoms with Gasteiger partial charge in [-0.2, -0.15) is 0 Å². The van der Waals surface area contributed by atoms with E-state index in [1.54, 1.807) is 7.11 Å². The van der Waals surface area contributed by atoms with Crippen LogP contribution >= 0.6 is 0 Å². The number of fused-ring (bicyclic) bond motifs is 1. The quantitative estimate of drug-likeness (QED) is 0.720. The Balaban J connectivity index is 2.22. The Labute approximate surface area is 111 Å². The molecule has 0 radical (unpaired) electrons. The molecule has 3 aromatic rings. The number of hydrogen-bond acceptors (Lipinski definition) is 3. The summed E-state index contributed by atoms with van der Waals surface area (Å²) in [5, 5.41) is 8.45. The lowest BCUT2D eigenvalue weighted by Gasteiger charge is -2.29. The van der Waals surface area contributed by atoms with E-state index in [0.29, 0.717) is 0 Å². The molecule has 1 heterocycles. The van der Waals surface area contributed by atoms with Gasteiger partial charge in [0.05, 0.1) is 5.52 Å². The zero-order valence-electron chi connectivity index (χ0n) is 10.9. The number of hydrogen-bond donors (Lipinski definition) is 0. The molecule has 0 saturated heterocycles. The highest BCUT2D eigenvalue weighted by Gasteiger charge is 2.31. The van der Waals surface area contributed by atoms with E-state index in [9.17, 15) is 0 Å². The van der Waals surface area contributed by atoms with Crippen LogP contribution in [0.4, 0.5) is 0 Å². The highest BCUT2D eigenvalue weighted by molar-refractivity contribution is 5.74. The monoisotopic (exact) mass is 253 g/mol. The fraction of sp³-hybridized carbons (Fsp3) is 0.200. The average Bonchev–Trinajstić information content (AvgIpc) is 2.92. The summed E-state index contributed by atoms with van der Waals surface area (Å²) >= 11 is 0. The maximum Gasteiger partial charge on any atom is 0.185 e. The van der Waals surface area contributed by atoms with Gasteiger partial charge in [-0.1, -0.05) is 47.7 Å². The molecule has 96 valence electrons. The Morgan fingerprint density at radius 2 is 1.68 bits per heavy atom. The second kappa shape index (κ2) is 4.48. The van der Waals surface area contributed by atoms with Crippen LogP contribution in [-0.4, -0.2) is 22.1 Å². The molecule has 0 aliphatic rings. The summed E-state index contributed by atoms with van der Waals surface area (Å²) in [6.07, 6.45) is 0. The minimum absolute atomic E-state index is 0.669. The van der Waals surface area contributed by atoms with Crippen molar-refractivity contribution in [2.75, 3.05) is 7.11 Å². The lowest BCUT2D eigenvalue weighted by Crippen LogP contribution is -2.34. The number of ether oxygens (including phenoxy) is 1. The summed E-state index contributed by atoms with van der Waals surface area (Å²) in [6.45, 7) is 1.99. The molecule has 0 aliphatic carbocycles. The van der Waals surface area contributed by atoms with Crippen LogP contribution in [0.25, 0.3) is 11.0 Å².